The predicted molar refractivity (Wildman–Crippen MR) is 99.3 cm³/mol. The van der Waals surface area contributed by atoms with Gasteiger partial charge in [-0.1, -0.05) is 33.6 Å². The second-order valence-corrected chi connectivity index (χ2v) is 5.11. The quantitative estimate of drug-likeness (QED) is 0.286. The summed E-state index contributed by atoms with van der Waals surface area (Å²) in [6.45, 7) is 4.71. The van der Waals surface area contributed by atoms with Crippen molar-refractivity contribution in [2.24, 2.45) is 4.99 Å². The summed E-state index contributed by atoms with van der Waals surface area (Å²) in [5.41, 5.74) is 1.03. The van der Waals surface area contributed by atoms with Crippen molar-refractivity contribution in [2.45, 2.75) is 13.5 Å². The van der Waals surface area contributed by atoms with Crippen LogP contribution in [0.25, 0.3) is 0 Å². The highest BCUT2D eigenvalue weighted by Crippen LogP contribution is 2.20. The molecule has 0 atom stereocenters. The minimum Gasteiger partial charge on any atom is -0.380 e. The van der Waals surface area contributed by atoms with E-state index < -0.39 is 0 Å². The van der Waals surface area contributed by atoms with E-state index in [1.165, 1.54) is 0 Å². The van der Waals surface area contributed by atoms with Crippen LogP contribution < -0.4 is 10.6 Å². The molecule has 0 saturated heterocycles. The molecule has 0 heterocycles. The summed E-state index contributed by atoms with van der Waals surface area (Å²) in [6.07, 6.45) is 0. The van der Waals surface area contributed by atoms with Crippen LogP contribution in [0.5, 0.6) is 0 Å². The number of hydrogen-bond donors (Lipinski definition) is 2. The first kappa shape index (κ1) is 19.9. The topological polar surface area (TPSA) is 45.6 Å². The Kier molecular flexibility index (Phi) is 11.6. The van der Waals surface area contributed by atoms with Crippen LogP contribution in [0.3, 0.4) is 0 Å². The summed E-state index contributed by atoms with van der Waals surface area (Å²) in [5.74, 6) is 0.735. The summed E-state index contributed by atoms with van der Waals surface area (Å²) in [7, 11) is 1.74. The van der Waals surface area contributed by atoms with Gasteiger partial charge in [-0.3, -0.25) is 4.99 Å². The van der Waals surface area contributed by atoms with Gasteiger partial charge >= 0.3 is 0 Å². The number of aliphatic imine (C=N–C) groups is 1. The number of benzene rings is 1. The molecule has 0 fully saturated rings. The molecule has 20 heavy (non-hydrogen) atoms. The molecule has 0 radical (unpaired) electrons. The van der Waals surface area contributed by atoms with Gasteiger partial charge in [0, 0.05) is 36.2 Å². The van der Waals surface area contributed by atoms with Crippen LogP contribution in [0, 0.1) is 0 Å². The molecule has 0 spiro atoms. The first-order chi connectivity index (χ1) is 9.17. The van der Waals surface area contributed by atoms with Crippen LogP contribution in [0.4, 0.5) is 0 Å². The zero-order chi connectivity index (χ0) is 14.1. The monoisotopic (exact) mass is 475 g/mol. The lowest BCUT2D eigenvalue weighted by atomic mass is 10.2. The van der Waals surface area contributed by atoms with E-state index in [-0.39, 0.29) is 24.0 Å². The van der Waals surface area contributed by atoms with Gasteiger partial charge in [0.2, 0.25) is 0 Å². The van der Waals surface area contributed by atoms with Gasteiger partial charge in [0.1, 0.15) is 0 Å². The smallest absolute Gasteiger partial charge is 0.191 e. The lowest BCUT2D eigenvalue weighted by Gasteiger charge is -2.12. The Morgan fingerprint density at radius 3 is 2.75 bits per heavy atom. The van der Waals surface area contributed by atoms with E-state index in [9.17, 15) is 0 Å². The predicted octanol–water partition coefficient (Wildman–Crippen LogP) is 3.42. The summed E-state index contributed by atoms with van der Waals surface area (Å²) in [5, 5.41) is 7.10. The molecular formula is C13H20BrClIN3O. The fourth-order valence-electron chi connectivity index (χ4n) is 1.45. The number of nitrogens with zero attached hydrogens (tertiary/aromatic N) is 1. The summed E-state index contributed by atoms with van der Waals surface area (Å²) >= 11 is 9.54. The molecular weight excluding hydrogens is 456 g/mol. The number of ether oxygens (including phenoxy) is 1. The minimum atomic E-state index is 0. The van der Waals surface area contributed by atoms with Crippen molar-refractivity contribution in [3.05, 3.63) is 33.3 Å². The summed E-state index contributed by atoms with van der Waals surface area (Å²) < 4.78 is 6.22. The maximum atomic E-state index is 6.15. The molecule has 0 aliphatic carbocycles. The molecule has 0 amide bonds. The van der Waals surface area contributed by atoms with Crippen LogP contribution in [-0.4, -0.2) is 32.8 Å². The average Bonchev–Trinajstić information content (AvgIpc) is 2.40. The van der Waals surface area contributed by atoms with Gasteiger partial charge in [0.05, 0.1) is 6.61 Å². The first-order valence-corrected chi connectivity index (χ1v) is 7.30. The molecule has 0 bridgehead atoms. The van der Waals surface area contributed by atoms with Crippen molar-refractivity contribution in [1.82, 2.24) is 10.6 Å². The number of guanidine groups is 1. The standard InChI is InChI=1S/C13H19BrClN3O.HI/c1-3-19-7-6-17-13(16-2)18-9-10-4-5-11(14)8-12(10)15;/h4-5,8H,3,6-7,9H2,1-2H3,(H2,16,17,18);1H. The van der Waals surface area contributed by atoms with Crippen molar-refractivity contribution in [1.29, 1.82) is 0 Å². The van der Waals surface area contributed by atoms with Gasteiger partial charge in [0.15, 0.2) is 5.96 Å². The van der Waals surface area contributed by atoms with Gasteiger partial charge in [-0.05, 0) is 24.6 Å². The molecule has 0 aromatic heterocycles. The SMILES string of the molecule is CCOCCNC(=NC)NCc1ccc(Br)cc1Cl.I. The third kappa shape index (κ3) is 7.66. The van der Waals surface area contributed by atoms with E-state index in [4.69, 9.17) is 16.3 Å². The summed E-state index contributed by atoms with van der Waals surface area (Å²) in [6, 6.07) is 5.82. The number of rotatable bonds is 6. The van der Waals surface area contributed by atoms with Gasteiger partial charge in [-0.2, -0.15) is 0 Å². The molecule has 4 nitrogen and oxygen atoms in total. The van der Waals surface area contributed by atoms with Crippen LogP contribution >= 0.6 is 51.5 Å². The van der Waals surface area contributed by atoms with Crippen LogP contribution in [0.2, 0.25) is 5.02 Å². The average molecular weight is 477 g/mol. The Morgan fingerprint density at radius 2 is 2.15 bits per heavy atom. The number of halogens is 3. The second kappa shape index (κ2) is 11.6. The molecule has 7 heteroatoms. The normalized spacial score (nSPS) is 10.9. The van der Waals surface area contributed by atoms with Gasteiger partial charge in [-0.25, -0.2) is 0 Å². The fraction of sp³-hybridized carbons (Fsp3) is 0.462. The molecule has 1 aromatic carbocycles. The second-order valence-electron chi connectivity index (χ2n) is 3.79. The Labute approximate surface area is 150 Å². The van der Waals surface area contributed by atoms with Gasteiger partial charge in [-0.15, -0.1) is 24.0 Å². The highest BCUT2D eigenvalue weighted by atomic mass is 127. The van der Waals surface area contributed by atoms with E-state index in [0.29, 0.717) is 13.2 Å². The Balaban J connectivity index is 0.00000361. The van der Waals surface area contributed by atoms with Crippen molar-refractivity contribution in [3.8, 4) is 0 Å². The van der Waals surface area contributed by atoms with Crippen molar-refractivity contribution in [2.75, 3.05) is 26.8 Å². The zero-order valence-corrected chi connectivity index (χ0v) is 16.3. The molecule has 1 rings (SSSR count). The minimum absolute atomic E-state index is 0. The van der Waals surface area contributed by atoms with E-state index in [1.807, 2.05) is 25.1 Å². The lowest BCUT2D eigenvalue weighted by molar-refractivity contribution is 0.152. The van der Waals surface area contributed by atoms with E-state index in [2.05, 4.69) is 31.6 Å². The van der Waals surface area contributed by atoms with E-state index in [0.717, 1.165) is 34.2 Å². The highest BCUT2D eigenvalue weighted by molar-refractivity contribution is 14.0. The molecule has 0 unspecified atom stereocenters. The highest BCUT2D eigenvalue weighted by Gasteiger charge is 2.02. The molecule has 0 aliphatic heterocycles. The zero-order valence-electron chi connectivity index (χ0n) is 11.6. The largest absolute Gasteiger partial charge is 0.380 e. The third-order valence-electron chi connectivity index (χ3n) is 2.43. The number of nitrogens with one attached hydrogen (secondary N) is 2. The van der Waals surface area contributed by atoms with Crippen LogP contribution in [0.15, 0.2) is 27.7 Å². The van der Waals surface area contributed by atoms with Crippen molar-refractivity contribution >= 4 is 57.5 Å². The van der Waals surface area contributed by atoms with E-state index >= 15 is 0 Å². The first-order valence-electron chi connectivity index (χ1n) is 6.13. The third-order valence-corrected chi connectivity index (χ3v) is 3.27. The van der Waals surface area contributed by atoms with Crippen molar-refractivity contribution in [3.63, 3.8) is 0 Å². The van der Waals surface area contributed by atoms with E-state index in [1.54, 1.807) is 7.05 Å². The van der Waals surface area contributed by atoms with Crippen molar-refractivity contribution < 1.29 is 4.74 Å². The van der Waals surface area contributed by atoms with Crippen LogP contribution in [-0.2, 0) is 11.3 Å². The molecule has 2 N–H and O–H groups in total. The van der Waals surface area contributed by atoms with Gasteiger partial charge in [0.25, 0.3) is 0 Å². The molecule has 1 aromatic rings. The fourth-order valence-corrected chi connectivity index (χ4v) is 2.19. The lowest BCUT2D eigenvalue weighted by Crippen LogP contribution is -2.38. The molecule has 0 saturated carbocycles. The number of hydrogen-bond acceptors (Lipinski definition) is 2. The Morgan fingerprint density at radius 1 is 1.40 bits per heavy atom. The Bertz CT molecular complexity index is 432. The Hall–Kier alpha value is -0.0500. The molecule has 114 valence electrons. The summed E-state index contributed by atoms with van der Waals surface area (Å²) in [4.78, 5) is 4.13. The van der Waals surface area contributed by atoms with Gasteiger partial charge < -0.3 is 15.4 Å². The van der Waals surface area contributed by atoms with Crippen LogP contribution in [0.1, 0.15) is 12.5 Å². The maximum absolute atomic E-state index is 6.15. The molecule has 0 aliphatic rings. The maximum Gasteiger partial charge on any atom is 0.191 e.